The molecule has 0 saturated heterocycles. The number of anilines is 1. The van der Waals surface area contributed by atoms with Gasteiger partial charge in [-0.25, -0.2) is 0 Å². The third kappa shape index (κ3) is 3.36. The second-order valence-electron chi connectivity index (χ2n) is 4.10. The first-order valence-electron chi connectivity index (χ1n) is 5.96. The number of nitrogens with one attached hydrogen (secondary N) is 1. The van der Waals surface area contributed by atoms with Crippen LogP contribution in [0.4, 0.5) is 5.69 Å². The summed E-state index contributed by atoms with van der Waals surface area (Å²) in [6.07, 6.45) is 1.07. The molecule has 1 nitrogen and oxygen atoms in total. The molecule has 0 amide bonds. The van der Waals surface area contributed by atoms with Gasteiger partial charge in [0.2, 0.25) is 0 Å². The first-order chi connectivity index (χ1) is 8.70. The summed E-state index contributed by atoms with van der Waals surface area (Å²) in [5, 5.41) is 3.46. The summed E-state index contributed by atoms with van der Waals surface area (Å²) < 4.78 is 2.15. The second kappa shape index (κ2) is 6.39. The van der Waals surface area contributed by atoms with E-state index in [1.54, 1.807) is 0 Å². The lowest BCUT2D eigenvalue weighted by molar-refractivity contribution is 1.04. The van der Waals surface area contributed by atoms with E-state index in [9.17, 15) is 0 Å². The summed E-state index contributed by atoms with van der Waals surface area (Å²) in [5.74, 6) is 0. The van der Waals surface area contributed by atoms with E-state index in [-0.39, 0.29) is 0 Å². The lowest BCUT2D eigenvalue weighted by Gasteiger charge is -2.11. The van der Waals surface area contributed by atoms with Gasteiger partial charge in [-0.1, -0.05) is 47.1 Å². The Labute approximate surface area is 125 Å². The molecule has 94 valence electrons. The number of hydrogen-bond acceptors (Lipinski definition) is 1. The van der Waals surface area contributed by atoms with Gasteiger partial charge in [0.05, 0.1) is 0 Å². The summed E-state index contributed by atoms with van der Waals surface area (Å²) >= 11 is 7.02. The molecule has 0 aromatic heterocycles. The summed E-state index contributed by atoms with van der Waals surface area (Å²) in [6, 6.07) is 14.7. The SMILES string of the molecule is CCc1ccccc1CNc1ccc(Br)cc1Br. The molecule has 0 bridgehead atoms. The van der Waals surface area contributed by atoms with Crippen LogP contribution >= 0.6 is 31.9 Å². The molecule has 0 aliphatic carbocycles. The molecule has 18 heavy (non-hydrogen) atoms. The highest BCUT2D eigenvalue weighted by Gasteiger charge is 2.02. The first-order valence-corrected chi connectivity index (χ1v) is 7.55. The number of aryl methyl sites for hydroxylation is 1. The second-order valence-corrected chi connectivity index (χ2v) is 5.87. The van der Waals surface area contributed by atoms with Gasteiger partial charge in [0.15, 0.2) is 0 Å². The van der Waals surface area contributed by atoms with Crippen LogP contribution in [0, 0.1) is 0 Å². The van der Waals surface area contributed by atoms with Gasteiger partial charge in [-0.15, -0.1) is 0 Å². The van der Waals surface area contributed by atoms with Crippen molar-refractivity contribution in [2.24, 2.45) is 0 Å². The zero-order chi connectivity index (χ0) is 13.0. The molecule has 0 atom stereocenters. The van der Waals surface area contributed by atoms with E-state index in [0.29, 0.717) is 0 Å². The molecular weight excluding hydrogens is 354 g/mol. The zero-order valence-electron chi connectivity index (χ0n) is 10.2. The van der Waals surface area contributed by atoms with Gasteiger partial charge in [-0.05, 0) is 51.7 Å². The maximum absolute atomic E-state index is 3.56. The maximum Gasteiger partial charge on any atom is 0.0488 e. The Morgan fingerprint density at radius 2 is 1.72 bits per heavy atom. The highest BCUT2D eigenvalue weighted by atomic mass is 79.9. The molecule has 3 heteroatoms. The van der Waals surface area contributed by atoms with Crippen LogP contribution in [0.5, 0.6) is 0 Å². The van der Waals surface area contributed by atoms with Crippen molar-refractivity contribution in [3.8, 4) is 0 Å². The highest BCUT2D eigenvalue weighted by molar-refractivity contribution is 9.11. The quantitative estimate of drug-likeness (QED) is 0.763. The minimum atomic E-state index is 0.851. The molecule has 0 unspecified atom stereocenters. The van der Waals surface area contributed by atoms with E-state index in [0.717, 1.165) is 27.6 Å². The lowest BCUT2D eigenvalue weighted by atomic mass is 10.1. The van der Waals surface area contributed by atoms with Crippen molar-refractivity contribution in [3.05, 3.63) is 62.5 Å². The topological polar surface area (TPSA) is 12.0 Å². The maximum atomic E-state index is 3.56. The summed E-state index contributed by atoms with van der Waals surface area (Å²) in [4.78, 5) is 0. The number of hydrogen-bond donors (Lipinski definition) is 1. The highest BCUT2D eigenvalue weighted by Crippen LogP contribution is 2.26. The van der Waals surface area contributed by atoms with Gasteiger partial charge in [0.25, 0.3) is 0 Å². The van der Waals surface area contributed by atoms with E-state index in [1.807, 2.05) is 12.1 Å². The van der Waals surface area contributed by atoms with E-state index in [1.165, 1.54) is 11.1 Å². The van der Waals surface area contributed by atoms with Gasteiger partial charge in [-0.3, -0.25) is 0 Å². The first kappa shape index (κ1) is 13.6. The largest absolute Gasteiger partial charge is 0.380 e. The van der Waals surface area contributed by atoms with Crippen molar-refractivity contribution in [1.82, 2.24) is 0 Å². The average molecular weight is 369 g/mol. The van der Waals surface area contributed by atoms with Crippen LogP contribution in [0.15, 0.2) is 51.4 Å². The standard InChI is InChI=1S/C15H15Br2N/c1-2-11-5-3-4-6-12(11)10-18-15-8-7-13(16)9-14(15)17/h3-9,18H,2,10H2,1H3. The summed E-state index contributed by atoms with van der Waals surface area (Å²) in [6.45, 7) is 3.04. The minimum Gasteiger partial charge on any atom is -0.380 e. The smallest absolute Gasteiger partial charge is 0.0488 e. The molecule has 0 spiro atoms. The van der Waals surface area contributed by atoms with E-state index in [4.69, 9.17) is 0 Å². The van der Waals surface area contributed by atoms with Crippen LogP contribution in [0.1, 0.15) is 18.1 Å². The monoisotopic (exact) mass is 367 g/mol. The average Bonchev–Trinajstić information content (AvgIpc) is 2.38. The van der Waals surface area contributed by atoms with E-state index >= 15 is 0 Å². The fourth-order valence-electron chi connectivity index (χ4n) is 1.90. The normalized spacial score (nSPS) is 10.4. The Kier molecular flexibility index (Phi) is 4.84. The third-order valence-corrected chi connectivity index (χ3v) is 4.05. The molecule has 0 fully saturated rings. The Hall–Kier alpha value is -0.800. The van der Waals surface area contributed by atoms with Gasteiger partial charge in [0, 0.05) is 21.2 Å². The van der Waals surface area contributed by atoms with Crippen LogP contribution in [0.2, 0.25) is 0 Å². The van der Waals surface area contributed by atoms with Crippen molar-refractivity contribution in [1.29, 1.82) is 0 Å². The fraction of sp³-hybridized carbons (Fsp3) is 0.200. The number of halogens is 2. The third-order valence-electron chi connectivity index (χ3n) is 2.90. The Bertz CT molecular complexity index is 538. The van der Waals surface area contributed by atoms with Crippen LogP contribution < -0.4 is 5.32 Å². The van der Waals surface area contributed by atoms with Crippen molar-refractivity contribution >= 4 is 37.5 Å². The van der Waals surface area contributed by atoms with E-state index in [2.05, 4.69) is 74.4 Å². The molecular formula is C15H15Br2N. The minimum absolute atomic E-state index is 0.851. The van der Waals surface area contributed by atoms with Crippen LogP contribution in [0.25, 0.3) is 0 Å². The fourth-order valence-corrected chi connectivity index (χ4v) is 3.09. The van der Waals surface area contributed by atoms with Gasteiger partial charge >= 0.3 is 0 Å². The number of rotatable bonds is 4. The molecule has 2 aromatic carbocycles. The molecule has 0 aliphatic heterocycles. The van der Waals surface area contributed by atoms with Gasteiger partial charge in [0.1, 0.15) is 0 Å². The molecule has 1 N–H and O–H groups in total. The van der Waals surface area contributed by atoms with Crippen LogP contribution in [0.3, 0.4) is 0 Å². The predicted octanol–water partition coefficient (Wildman–Crippen LogP) is 5.39. The summed E-state index contributed by atoms with van der Waals surface area (Å²) in [5.41, 5.74) is 3.87. The van der Waals surface area contributed by atoms with Crippen LogP contribution in [-0.2, 0) is 13.0 Å². The van der Waals surface area contributed by atoms with Crippen LogP contribution in [-0.4, -0.2) is 0 Å². The Morgan fingerprint density at radius 1 is 1.00 bits per heavy atom. The molecule has 0 saturated carbocycles. The molecule has 0 radical (unpaired) electrons. The molecule has 2 rings (SSSR count). The molecule has 0 heterocycles. The van der Waals surface area contributed by atoms with E-state index < -0.39 is 0 Å². The molecule has 2 aromatic rings. The van der Waals surface area contributed by atoms with Gasteiger partial charge in [-0.2, -0.15) is 0 Å². The van der Waals surface area contributed by atoms with Crippen molar-refractivity contribution in [3.63, 3.8) is 0 Å². The Morgan fingerprint density at radius 3 is 2.39 bits per heavy atom. The summed E-state index contributed by atoms with van der Waals surface area (Å²) in [7, 11) is 0. The van der Waals surface area contributed by atoms with Crippen molar-refractivity contribution < 1.29 is 0 Å². The predicted molar refractivity (Wildman–Crippen MR) is 85.0 cm³/mol. The number of benzene rings is 2. The lowest BCUT2D eigenvalue weighted by Crippen LogP contribution is -2.02. The van der Waals surface area contributed by atoms with Crippen molar-refractivity contribution in [2.75, 3.05) is 5.32 Å². The Balaban J connectivity index is 2.11. The van der Waals surface area contributed by atoms with Crippen molar-refractivity contribution in [2.45, 2.75) is 19.9 Å². The van der Waals surface area contributed by atoms with Gasteiger partial charge < -0.3 is 5.32 Å². The zero-order valence-corrected chi connectivity index (χ0v) is 13.4. The molecule has 0 aliphatic rings.